The maximum atomic E-state index is 13.2. The summed E-state index contributed by atoms with van der Waals surface area (Å²) in [6.07, 6.45) is 11.1. The van der Waals surface area contributed by atoms with Crippen LogP contribution in [0.4, 0.5) is 0 Å². The summed E-state index contributed by atoms with van der Waals surface area (Å²) < 4.78 is 0. The van der Waals surface area contributed by atoms with Gasteiger partial charge in [0, 0.05) is 30.4 Å². The lowest BCUT2D eigenvalue weighted by molar-refractivity contribution is -0.130. The third kappa shape index (κ3) is 12.6. The fourth-order valence-corrected chi connectivity index (χ4v) is 5.13. The van der Waals surface area contributed by atoms with E-state index in [0.717, 1.165) is 51.4 Å². The molecule has 5 N–H and O–H groups in total. The summed E-state index contributed by atoms with van der Waals surface area (Å²) in [5.74, 6) is -1.45. The van der Waals surface area contributed by atoms with Crippen LogP contribution in [0, 0.1) is 11.8 Å². The Morgan fingerprint density at radius 2 is 1.68 bits per heavy atom. The zero-order chi connectivity index (χ0) is 30.2. The van der Waals surface area contributed by atoms with E-state index in [9.17, 15) is 24.3 Å². The number of nitrogens with one attached hydrogen (secondary N) is 4. The third-order valence-corrected chi connectivity index (χ3v) is 7.83. The Morgan fingerprint density at radius 3 is 2.37 bits per heavy atom. The Balaban J connectivity index is 2.11. The molecule has 10 nitrogen and oxygen atoms in total. The van der Waals surface area contributed by atoms with Crippen molar-refractivity contribution in [1.82, 2.24) is 26.3 Å². The number of aliphatic hydroxyl groups excluding tert-OH is 1. The Hall–Kier alpha value is -3.01. The molecule has 1 aliphatic rings. The lowest BCUT2D eigenvalue weighted by atomic mass is 9.89. The van der Waals surface area contributed by atoms with Crippen molar-refractivity contribution in [2.24, 2.45) is 11.8 Å². The molecule has 0 radical (unpaired) electrons. The molecule has 0 spiro atoms. The van der Waals surface area contributed by atoms with E-state index in [0.29, 0.717) is 24.9 Å². The molecule has 1 saturated heterocycles. The summed E-state index contributed by atoms with van der Waals surface area (Å²) in [6.45, 7) is 8.16. The molecule has 1 fully saturated rings. The van der Waals surface area contributed by atoms with Crippen molar-refractivity contribution in [2.75, 3.05) is 6.54 Å². The summed E-state index contributed by atoms with van der Waals surface area (Å²) in [4.78, 5) is 55.6. The molecule has 2 heterocycles. The summed E-state index contributed by atoms with van der Waals surface area (Å²) in [5.41, 5.74) is 0.407. The van der Waals surface area contributed by atoms with Gasteiger partial charge >= 0.3 is 0 Å². The second kappa shape index (κ2) is 18.4. The summed E-state index contributed by atoms with van der Waals surface area (Å²) in [7, 11) is 0. The van der Waals surface area contributed by atoms with Crippen LogP contribution in [0.3, 0.4) is 0 Å². The maximum absolute atomic E-state index is 13.2. The molecular weight excluding hydrogens is 522 g/mol. The van der Waals surface area contributed by atoms with Gasteiger partial charge in [0.1, 0.15) is 12.1 Å². The highest BCUT2D eigenvalue weighted by Gasteiger charge is 2.30. The lowest BCUT2D eigenvalue weighted by Crippen LogP contribution is -2.55. The zero-order valence-corrected chi connectivity index (χ0v) is 25.3. The quantitative estimate of drug-likeness (QED) is 0.286. The van der Waals surface area contributed by atoms with E-state index in [4.69, 9.17) is 0 Å². The van der Waals surface area contributed by atoms with Gasteiger partial charge in [0.05, 0.1) is 12.1 Å². The van der Waals surface area contributed by atoms with Crippen molar-refractivity contribution in [2.45, 2.75) is 123 Å². The van der Waals surface area contributed by atoms with Crippen LogP contribution in [0.15, 0.2) is 24.5 Å². The Kier molecular flexibility index (Phi) is 15.4. The maximum Gasteiger partial charge on any atom is 0.252 e. The molecule has 41 heavy (non-hydrogen) atoms. The summed E-state index contributed by atoms with van der Waals surface area (Å²) in [5, 5.41) is 22.6. The first-order valence-corrected chi connectivity index (χ1v) is 15.4. The average molecular weight is 574 g/mol. The summed E-state index contributed by atoms with van der Waals surface area (Å²) >= 11 is 0. The second-order valence-corrected chi connectivity index (χ2v) is 11.6. The highest BCUT2D eigenvalue weighted by Crippen LogP contribution is 2.21. The van der Waals surface area contributed by atoms with Gasteiger partial charge in [0.15, 0.2) is 0 Å². The molecule has 1 aromatic heterocycles. The SMILES string of the molecule is CCCCNC(=O)[C@H](C)C[C@H](O)[C@@H]1C[C@H](C)CCCCCCC[C@H](NC(=O)c2ccncc2)C(=O)N[C@@H](C)C(=O)N1. The molecule has 0 aliphatic carbocycles. The molecule has 1 aliphatic heterocycles. The zero-order valence-electron chi connectivity index (χ0n) is 25.3. The van der Waals surface area contributed by atoms with Crippen molar-refractivity contribution in [1.29, 1.82) is 0 Å². The van der Waals surface area contributed by atoms with Gasteiger partial charge in [-0.15, -0.1) is 0 Å². The molecule has 10 heteroatoms. The van der Waals surface area contributed by atoms with Crippen LogP contribution >= 0.6 is 0 Å². The van der Waals surface area contributed by atoms with Crippen LogP contribution in [0.25, 0.3) is 0 Å². The largest absolute Gasteiger partial charge is 0.391 e. The number of hydrogen-bond acceptors (Lipinski definition) is 6. The second-order valence-electron chi connectivity index (χ2n) is 11.6. The van der Waals surface area contributed by atoms with Crippen molar-refractivity contribution in [3.63, 3.8) is 0 Å². The molecular formula is C31H51N5O5. The van der Waals surface area contributed by atoms with Crippen LogP contribution in [-0.2, 0) is 14.4 Å². The summed E-state index contributed by atoms with van der Waals surface area (Å²) in [6, 6.07) is 0.947. The number of rotatable bonds is 9. The van der Waals surface area contributed by atoms with E-state index in [1.54, 1.807) is 26.0 Å². The highest BCUT2D eigenvalue weighted by atomic mass is 16.3. The predicted octanol–water partition coefficient (Wildman–Crippen LogP) is 3.24. The van der Waals surface area contributed by atoms with Crippen molar-refractivity contribution < 1.29 is 24.3 Å². The van der Waals surface area contributed by atoms with Crippen LogP contribution in [0.2, 0.25) is 0 Å². The average Bonchev–Trinajstić information content (AvgIpc) is 2.95. The first-order valence-electron chi connectivity index (χ1n) is 15.4. The number of amides is 4. The monoisotopic (exact) mass is 573 g/mol. The van der Waals surface area contributed by atoms with Gasteiger partial charge in [-0.25, -0.2) is 0 Å². The molecule has 0 aromatic carbocycles. The Labute approximate surface area is 245 Å². The van der Waals surface area contributed by atoms with E-state index in [-0.39, 0.29) is 24.2 Å². The number of aromatic nitrogens is 1. The number of unbranched alkanes of at least 4 members (excludes halogenated alkanes) is 1. The smallest absolute Gasteiger partial charge is 0.252 e. The standard InChI is InChI=1S/C31H51N5O5/c1-5-6-16-33-28(38)22(3)20-27(37)26-19-21(2)12-10-8-7-9-11-13-25(31(41)34-23(4)29(39)36-26)35-30(40)24-14-17-32-18-15-24/h14-15,17-18,21-23,25-27,37H,5-13,16,19-20H2,1-4H3,(H,33,38)(H,34,41)(H,35,40)(H,36,39)/t21-,22-,23+,25+,26+,27+/m1/s1. The van der Waals surface area contributed by atoms with Gasteiger partial charge in [-0.1, -0.05) is 65.7 Å². The van der Waals surface area contributed by atoms with Crippen LogP contribution < -0.4 is 21.3 Å². The number of carbonyl (C=O) groups is 4. The molecule has 230 valence electrons. The van der Waals surface area contributed by atoms with Crippen molar-refractivity contribution in [3.05, 3.63) is 30.1 Å². The van der Waals surface area contributed by atoms with Crippen LogP contribution in [0.1, 0.15) is 109 Å². The normalized spacial score (nSPS) is 24.8. The van der Waals surface area contributed by atoms with Crippen LogP contribution in [-0.4, -0.2) is 64.5 Å². The first kappa shape index (κ1) is 34.2. The Bertz CT molecular complexity index is 959. The van der Waals surface area contributed by atoms with Crippen LogP contribution in [0.5, 0.6) is 0 Å². The van der Waals surface area contributed by atoms with Gasteiger partial charge in [0.25, 0.3) is 5.91 Å². The van der Waals surface area contributed by atoms with Gasteiger partial charge in [-0.3, -0.25) is 24.2 Å². The van der Waals surface area contributed by atoms with E-state index in [1.807, 2.05) is 0 Å². The van der Waals surface area contributed by atoms with E-state index >= 15 is 0 Å². The van der Waals surface area contributed by atoms with Crippen molar-refractivity contribution >= 4 is 23.6 Å². The van der Waals surface area contributed by atoms with E-state index in [2.05, 4.69) is 40.1 Å². The van der Waals surface area contributed by atoms with Gasteiger partial charge in [-0.2, -0.15) is 0 Å². The molecule has 0 saturated carbocycles. The van der Waals surface area contributed by atoms with Gasteiger partial charge in [-0.05, 0) is 50.7 Å². The Morgan fingerprint density at radius 1 is 1.02 bits per heavy atom. The number of nitrogens with zero attached hydrogens (tertiary/aromatic N) is 1. The third-order valence-electron chi connectivity index (χ3n) is 7.83. The first-order chi connectivity index (χ1) is 19.6. The molecule has 6 atom stereocenters. The minimum Gasteiger partial charge on any atom is -0.391 e. The molecule has 1 aromatic rings. The predicted molar refractivity (Wildman–Crippen MR) is 159 cm³/mol. The minimum atomic E-state index is -0.914. The van der Waals surface area contributed by atoms with E-state index in [1.165, 1.54) is 12.4 Å². The van der Waals surface area contributed by atoms with Crippen molar-refractivity contribution in [3.8, 4) is 0 Å². The number of carbonyl (C=O) groups excluding carboxylic acids is 4. The lowest BCUT2D eigenvalue weighted by Gasteiger charge is -2.30. The molecule has 2 rings (SSSR count). The number of hydrogen-bond donors (Lipinski definition) is 5. The number of pyridine rings is 1. The topological polar surface area (TPSA) is 150 Å². The van der Waals surface area contributed by atoms with Gasteiger partial charge < -0.3 is 26.4 Å². The molecule has 4 amide bonds. The molecule has 0 bridgehead atoms. The minimum absolute atomic E-state index is 0.106. The van der Waals surface area contributed by atoms with E-state index < -0.39 is 42.0 Å². The fraction of sp³-hybridized carbons (Fsp3) is 0.710. The molecule has 0 unspecified atom stereocenters. The van der Waals surface area contributed by atoms with Gasteiger partial charge in [0.2, 0.25) is 17.7 Å². The number of aliphatic hydroxyl groups is 1. The highest BCUT2D eigenvalue weighted by molar-refractivity contribution is 5.98. The fourth-order valence-electron chi connectivity index (χ4n) is 5.13.